The van der Waals surface area contributed by atoms with Crippen molar-refractivity contribution in [1.29, 1.82) is 0 Å². The Morgan fingerprint density at radius 2 is 1.95 bits per heavy atom. The van der Waals surface area contributed by atoms with Gasteiger partial charge in [-0.05, 0) is 39.0 Å². The van der Waals surface area contributed by atoms with Crippen molar-refractivity contribution in [2.45, 2.75) is 33.0 Å². The summed E-state index contributed by atoms with van der Waals surface area (Å²) in [6, 6.07) is 4.70. The summed E-state index contributed by atoms with van der Waals surface area (Å²) in [6.07, 6.45) is 0. The van der Waals surface area contributed by atoms with E-state index >= 15 is 0 Å². The van der Waals surface area contributed by atoms with Crippen molar-refractivity contribution in [3.63, 3.8) is 0 Å². The lowest BCUT2D eigenvalue weighted by Gasteiger charge is -2.19. The van der Waals surface area contributed by atoms with Crippen LogP contribution in [0.1, 0.15) is 36.7 Å². The van der Waals surface area contributed by atoms with E-state index in [9.17, 15) is 4.79 Å². The van der Waals surface area contributed by atoms with Crippen LogP contribution in [-0.4, -0.2) is 37.0 Å². The Morgan fingerprint density at radius 3 is 2.50 bits per heavy atom. The number of carbonyl (C=O) groups is 1. The van der Waals surface area contributed by atoms with Gasteiger partial charge >= 0.3 is 5.97 Å². The monoisotopic (exact) mass is 282 g/mol. The maximum atomic E-state index is 10.9. The molecule has 0 radical (unpaired) electrons. The van der Waals surface area contributed by atoms with Crippen molar-refractivity contribution in [3.05, 3.63) is 29.3 Å². The second-order valence-electron chi connectivity index (χ2n) is 5.35. The Labute approximate surface area is 119 Å². The number of benzene rings is 1. The Kier molecular flexibility index (Phi) is 5.98. The van der Waals surface area contributed by atoms with E-state index in [1.165, 1.54) is 6.07 Å². The van der Waals surface area contributed by atoms with Crippen LogP contribution in [0.5, 0.6) is 5.75 Å². The molecule has 5 heteroatoms. The van der Waals surface area contributed by atoms with Crippen LogP contribution in [0, 0.1) is 0 Å². The Hall–Kier alpha value is -1.59. The third-order valence-corrected chi connectivity index (χ3v) is 2.55. The zero-order valence-corrected chi connectivity index (χ0v) is 12.4. The van der Waals surface area contributed by atoms with Crippen LogP contribution in [0.15, 0.2) is 18.2 Å². The minimum atomic E-state index is -0.968. The van der Waals surface area contributed by atoms with E-state index < -0.39 is 5.97 Å². The highest BCUT2D eigenvalue weighted by atomic mass is 16.5. The quantitative estimate of drug-likeness (QED) is 0.779. The molecule has 0 fully saturated rings. The number of hydrogen-bond acceptors (Lipinski definition) is 4. The minimum absolute atomic E-state index is 0.190. The maximum Gasteiger partial charge on any atom is 0.335 e. The van der Waals surface area contributed by atoms with Gasteiger partial charge in [0.1, 0.15) is 5.75 Å². The van der Waals surface area contributed by atoms with E-state index in [-0.39, 0.29) is 17.8 Å². The maximum absolute atomic E-state index is 10.9. The molecule has 1 N–H and O–H groups in total. The fraction of sp³-hybridized carbons (Fsp3) is 0.533. The summed E-state index contributed by atoms with van der Waals surface area (Å²) in [7, 11) is 1.54. The first-order valence-electron chi connectivity index (χ1n) is 6.45. The predicted molar refractivity (Wildman–Crippen MR) is 75.3 cm³/mol. The van der Waals surface area contributed by atoms with Gasteiger partial charge < -0.3 is 19.3 Å². The molecule has 0 aliphatic rings. The number of methoxy groups -OCH3 is 1. The first-order valence-corrected chi connectivity index (χ1v) is 6.45. The normalized spacial score (nSPS) is 11.4. The van der Waals surface area contributed by atoms with Gasteiger partial charge in [0.15, 0.2) is 0 Å². The van der Waals surface area contributed by atoms with Crippen LogP contribution >= 0.6 is 0 Å². The fourth-order valence-electron chi connectivity index (χ4n) is 1.61. The molecule has 0 heterocycles. The van der Waals surface area contributed by atoms with E-state index in [0.29, 0.717) is 24.5 Å². The van der Waals surface area contributed by atoms with Crippen LogP contribution in [-0.2, 0) is 16.1 Å². The smallest absolute Gasteiger partial charge is 0.335 e. The molecular formula is C15H22O5. The second-order valence-corrected chi connectivity index (χ2v) is 5.35. The van der Waals surface area contributed by atoms with Crippen LogP contribution in [0.2, 0.25) is 0 Å². The van der Waals surface area contributed by atoms with Crippen LogP contribution in [0.25, 0.3) is 0 Å². The zero-order valence-electron chi connectivity index (χ0n) is 12.4. The van der Waals surface area contributed by atoms with E-state index in [1.54, 1.807) is 19.2 Å². The summed E-state index contributed by atoms with van der Waals surface area (Å²) in [4.78, 5) is 10.9. The van der Waals surface area contributed by atoms with Gasteiger partial charge in [-0.2, -0.15) is 0 Å². The van der Waals surface area contributed by atoms with Gasteiger partial charge in [-0.25, -0.2) is 4.79 Å². The highest BCUT2D eigenvalue weighted by Gasteiger charge is 2.11. The van der Waals surface area contributed by atoms with Crippen molar-refractivity contribution in [1.82, 2.24) is 0 Å². The fourth-order valence-corrected chi connectivity index (χ4v) is 1.61. The largest absolute Gasteiger partial charge is 0.496 e. The average Bonchev–Trinajstić information content (AvgIpc) is 2.36. The second kappa shape index (κ2) is 7.26. The summed E-state index contributed by atoms with van der Waals surface area (Å²) < 4.78 is 16.2. The molecule has 0 bridgehead atoms. The molecule has 1 aromatic rings. The van der Waals surface area contributed by atoms with E-state index in [4.69, 9.17) is 19.3 Å². The molecule has 0 aromatic heterocycles. The molecule has 0 aliphatic heterocycles. The Bertz CT molecular complexity index is 448. The first kappa shape index (κ1) is 16.5. The standard InChI is InChI=1S/C15H22O5/c1-15(2,3)20-8-7-19-10-12-9-11(14(16)17)5-6-13(12)18-4/h5-6,9H,7-8,10H2,1-4H3,(H,16,17). The zero-order chi connectivity index (χ0) is 15.2. The van der Waals surface area contributed by atoms with Crippen molar-refractivity contribution in [3.8, 4) is 5.75 Å². The lowest BCUT2D eigenvalue weighted by atomic mass is 10.1. The Morgan fingerprint density at radius 1 is 1.25 bits per heavy atom. The van der Waals surface area contributed by atoms with Gasteiger partial charge in [0.25, 0.3) is 0 Å². The lowest BCUT2D eigenvalue weighted by molar-refractivity contribution is -0.0378. The molecule has 0 amide bonds. The van der Waals surface area contributed by atoms with Gasteiger partial charge in [-0.3, -0.25) is 0 Å². The number of rotatable bonds is 7. The molecular weight excluding hydrogens is 260 g/mol. The summed E-state index contributed by atoms with van der Waals surface area (Å²) in [5.74, 6) is -0.350. The molecule has 0 spiro atoms. The van der Waals surface area contributed by atoms with Crippen molar-refractivity contribution >= 4 is 5.97 Å². The summed E-state index contributed by atoms with van der Waals surface area (Å²) in [5, 5.41) is 8.97. The van der Waals surface area contributed by atoms with Gasteiger partial charge in [0.2, 0.25) is 0 Å². The molecule has 0 saturated heterocycles. The lowest BCUT2D eigenvalue weighted by Crippen LogP contribution is -2.21. The summed E-state index contributed by atoms with van der Waals surface area (Å²) in [6.45, 7) is 7.16. The van der Waals surface area contributed by atoms with Crippen molar-refractivity contribution in [2.75, 3.05) is 20.3 Å². The highest BCUT2D eigenvalue weighted by molar-refractivity contribution is 5.88. The van der Waals surface area contributed by atoms with Crippen LogP contribution in [0.4, 0.5) is 0 Å². The van der Waals surface area contributed by atoms with E-state index in [0.717, 1.165) is 0 Å². The van der Waals surface area contributed by atoms with Gasteiger partial charge in [-0.15, -0.1) is 0 Å². The first-order chi connectivity index (χ1) is 9.33. The van der Waals surface area contributed by atoms with Crippen molar-refractivity contribution < 1.29 is 24.1 Å². The molecule has 0 saturated carbocycles. The summed E-state index contributed by atoms with van der Waals surface area (Å²) >= 11 is 0. The van der Waals surface area contributed by atoms with Gasteiger partial charge in [-0.1, -0.05) is 0 Å². The molecule has 0 atom stereocenters. The van der Waals surface area contributed by atoms with E-state index in [1.807, 2.05) is 20.8 Å². The highest BCUT2D eigenvalue weighted by Crippen LogP contribution is 2.21. The molecule has 1 aromatic carbocycles. The molecule has 112 valence electrons. The SMILES string of the molecule is COc1ccc(C(=O)O)cc1COCCOC(C)(C)C. The molecule has 5 nitrogen and oxygen atoms in total. The predicted octanol–water partition coefficient (Wildman–Crippen LogP) is 2.73. The number of aromatic carboxylic acids is 1. The topological polar surface area (TPSA) is 65.0 Å². The number of carboxylic acid groups (broad SMARTS) is 1. The van der Waals surface area contributed by atoms with Crippen LogP contribution in [0.3, 0.4) is 0 Å². The average molecular weight is 282 g/mol. The third-order valence-electron chi connectivity index (χ3n) is 2.55. The van der Waals surface area contributed by atoms with Crippen molar-refractivity contribution in [2.24, 2.45) is 0 Å². The number of carboxylic acids is 1. The van der Waals surface area contributed by atoms with Crippen LogP contribution < -0.4 is 4.74 Å². The van der Waals surface area contributed by atoms with E-state index in [2.05, 4.69) is 0 Å². The number of hydrogen-bond donors (Lipinski definition) is 1. The molecule has 1 rings (SSSR count). The third kappa shape index (κ3) is 5.59. The molecule has 20 heavy (non-hydrogen) atoms. The van der Waals surface area contributed by atoms with Gasteiger partial charge in [0.05, 0.1) is 38.1 Å². The molecule has 0 aliphatic carbocycles. The van der Waals surface area contributed by atoms with Gasteiger partial charge in [0, 0.05) is 5.56 Å². The molecule has 0 unspecified atom stereocenters. The number of ether oxygens (including phenoxy) is 3. The minimum Gasteiger partial charge on any atom is -0.496 e. The summed E-state index contributed by atoms with van der Waals surface area (Å²) in [5.41, 5.74) is 0.739. The Balaban J connectivity index is 2.53.